The van der Waals surface area contributed by atoms with E-state index in [4.69, 9.17) is 4.74 Å². The molecule has 1 heterocycles. The summed E-state index contributed by atoms with van der Waals surface area (Å²) in [6.45, 7) is 6.31. The highest BCUT2D eigenvalue weighted by atomic mass is 16.5. The molecule has 3 aromatic rings. The zero-order valence-corrected chi connectivity index (χ0v) is 15.6. The van der Waals surface area contributed by atoms with Gasteiger partial charge in [-0.25, -0.2) is 9.97 Å². The van der Waals surface area contributed by atoms with Gasteiger partial charge in [-0.3, -0.25) is 4.79 Å². The average Bonchev–Trinajstić information content (AvgIpc) is 2.65. The Labute approximate surface area is 158 Å². The summed E-state index contributed by atoms with van der Waals surface area (Å²) < 4.78 is 5.40. The summed E-state index contributed by atoms with van der Waals surface area (Å²) in [5.41, 5.74) is 3.05. The van der Waals surface area contributed by atoms with Crippen molar-refractivity contribution in [2.45, 2.75) is 20.8 Å². The van der Waals surface area contributed by atoms with E-state index in [-0.39, 0.29) is 5.91 Å². The third kappa shape index (κ3) is 5.04. The number of nitrogens with zero attached hydrogens (tertiary/aromatic N) is 2. The van der Waals surface area contributed by atoms with Crippen LogP contribution in [0.15, 0.2) is 54.6 Å². The minimum atomic E-state index is -0.295. The molecule has 1 aromatic heterocycles. The monoisotopic (exact) mass is 362 g/mol. The van der Waals surface area contributed by atoms with Crippen molar-refractivity contribution in [3.05, 3.63) is 71.7 Å². The molecule has 0 radical (unpaired) electrons. The van der Waals surface area contributed by atoms with Crippen molar-refractivity contribution in [2.75, 3.05) is 17.2 Å². The van der Waals surface area contributed by atoms with E-state index in [2.05, 4.69) is 20.6 Å². The van der Waals surface area contributed by atoms with Gasteiger partial charge < -0.3 is 15.4 Å². The normalized spacial score (nSPS) is 10.3. The molecule has 2 N–H and O–H groups in total. The number of hydrogen-bond donors (Lipinski definition) is 2. The zero-order valence-electron chi connectivity index (χ0n) is 15.6. The first kappa shape index (κ1) is 18.4. The third-order valence-electron chi connectivity index (χ3n) is 3.82. The van der Waals surface area contributed by atoms with Crippen LogP contribution in [0.5, 0.6) is 5.75 Å². The lowest BCUT2D eigenvalue weighted by molar-refractivity contribution is 0.102. The number of anilines is 3. The first-order chi connectivity index (χ1) is 13.0. The van der Waals surface area contributed by atoms with E-state index in [1.807, 2.05) is 50.2 Å². The van der Waals surface area contributed by atoms with Gasteiger partial charge in [0.05, 0.1) is 6.61 Å². The van der Waals surface area contributed by atoms with E-state index < -0.39 is 0 Å². The van der Waals surface area contributed by atoms with Crippen LogP contribution in [0.2, 0.25) is 0 Å². The minimum Gasteiger partial charge on any atom is -0.494 e. The fourth-order valence-electron chi connectivity index (χ4n) is 2.53. The summed E-state index contributed by atoms with van der Waals surface area (Å²) in [4.78, 5) is 21.2. The molecule has 0 unspecified atom stereocenters. The maximum atomic E-state index is 12.6. The lowest BCUT2D eigenvalue weighted by Gasteiger charge is -2.10. The van der Waals surface area contributed by atoms with Crippen molar-refractivity contribution in [1.82, 2.24) is 9.97 Å². The van der Waals surface area contributed by atoms with Crippen LogP contribution >= 0.6 is 0 Å². The number of aryl methyl sites for hydroxylation is 2. The van der Waals surface area contributed by atoms with E-state index in [1.54, 1.807) is 25.1 Å². The second-order valence-electron chi connectivity index (χ2n) is 6.09. The van der Waals surface area contributed by atoms with Crippen LogP contribution in [0.4, 0.5) is 17.2 Å². The smallest absolute Gasteiger partial charge is 0.274 e. The predicted molar refractivity (Wildman–Crippen MR) is 107 cm³/mol. The molecule has 27 heavy (non-hydrogen) atoms. The molecule has 2 aromatic carbocycles. The van der Waals surface area contributed by atoms with Gasteiger partial charge in [-0.15, -0.1) is 0 Å². The van der Waals surface area contributed by atoms with E-state index >= 15 is 0 Å². The zero-order chi connectivity index (χ0) is 19.2. The Hall–Kier alpha value is -3.41. The minimum absolute atomic E-state index is 0.295. The van der Waals surface area contributed by atoms with Gasteiger partial charge in [0.2, 0.25) is 0 Å². The molecule has 6 heteroatoms. The fraction of sp³-hybridized carbons (Fsp3) is 0.190. The van der Waals surface area contributed by atoms with Crippen molar-refractivity contribution in [2.24, 2.45) is 0 Å². The molecule has 0 saturated carbocycles. The van der Waals surface area contributed by atoms with Crippen molar-refractivity contribution in [3.8, 4) is 5.75 Å². The first-order valence-corrected chi connectivity index (χ1v) is 8.77. The molecule has 3 rings (SSSR count). The number of hydrogen-bond acceptors (Lipinski definition) is 5. The third-order valence-corrected chi connectivity index (χ3v) is 3.82. The van der Waals surface area contributed by atoms with Crippen LogP contribution in [0.3, 0.4) is 0 Å². The Morgan fingerprint density at radius 2 is 1.63 bits per heavy atom. The molecule has 0 aliphatic heterocycles. The van der Waals surface area contributed by atoms with Crippen molar-refractivity contribution < 1.29 is 9.53 Å². The average molecular weight is 362 g/mol. The van der Waals surface area contributed by atoms with Crippen LogP contribution in [0.25, 0.3) is 0 Å². The number of aromatic nitrogens is 2. The van der Waals surface area contributed by atoms with Gasteiger partial charge in [0.25, 0.3) is 5.91 Å². The molecule has 0 fully saturated rings. The maximum Gasteiger partial charge on any atom is 0.274 e. The molecule has 0 aliphatic rings. The molecule has 0 atom stereocenters. The molecular weight excluding hydrogens is 340 g/mol. The number of benzene rings is 2. The first-order valence-electron chi connectivity index (χ1n) is 8.77. The second-order valence-corrected chi connectivity index (χ2v) is 6.09. The largest absolute Gasteiger partial charge is 0.494 e. The molecule has 0 bridgehead atoms. The molecule has 138 valence electrons. The quantitative estimate of drug-likeness (QED) is 0.676. The van der Waals surface area contributed by atoms with Crippen LogP contribution in [-0.4, -0.2) is 22.5 Å². The van der Waals surface area contributed by atoms with Crippen LogP contribution in [0.1, 0.15) is 28.8 Å². The topological polar surface area (TPSA) is 76.1 Å². The fourth-order valence-corrected chi connectivity index (χ4v) is 2.53. The summed E-state index contributed by atoms with van der Waals surface area (Å²) in [5.74, 6) is 1.56. The summed E-state index contributed by atoms with van der Waals surface area (Å²) >= 11 is 0. The second kappa shape index (κ2) is 8.31. The predicted octanol–water partition coefficient (Wildman–Crippen LogP) is 4.49. The number of carbonyl (C=O) groups is 1. The van der Waals surface area contributed by atoms with Gasteiger partial charge in [-0.1, -0.05) is 17.7 Å². The molecule has 0 spiro atoms. The van der Waals surface area contributed by atoms with E-state index in [9.17, 15) is 4.79 Å². The lowest BCUT2D eigenvalue weighted by atomic mass is 10.2. The SMILES string of the molecule is CCOc1ccc(NC(=O)c2cc(Nc3ccc(C)cc3)nc(C)n2)cc1. The highest BCUT2D eigenvalue weighted by Crippen LogP contribution is 2.18. The van der Waals surface area contributed by atoms with Gasteiger partial charge >= 0.3 is 0 Å². The molecule has 0 aliphatic carbocycles. The van der Waals surface area contributed by atoms with E-state index in [0.29, 0.717) is 29.6 Å². The summed E-state index contributed by atoms with van der Waals surface area (Å²) in [5, 5.41) is 6.05. The Balaban J connectivity index is 1.74. The number of rotatable bonds is 6. The van der Waals surface area contributed by atoms with Gasteiger partial charge in [0.1, 0.15) is 23.1 Å². The summed E-state index contributed by atoms with van der Waals surface area (Å²) in [6, 6.07) is 16.8. The van der Waals surface area contributed by atoms with Gasteiger partial charge in [0.15, 0.2) is 0 Å². The van der Waals surface area contributed by atoms with Crippen LogP contribution in [0, 0.1) is 13.8 Å². The van der Waals surface area contributed by atoms with E-state index in [1.165, 1.54) is 5.56 Å². The van der Waals surface area contributed by atoms with E-state index in [0.717, 1.165) is 11.4 Å². The van der Waals surface area contributed by atoms with Gasteiger partial charge in [-0.05, 0) is 57.2 Å². The van der Waals surface area contributed by atoms with Gasteiger partial charge in [0, 0.05) is 17.4 Å². The Morgan fingerprint density at radius 1 is 0.963 bits per heavy atom. The lowest BCUT2D eigenvalue weighted by Crippen LogP contribution is -2.15. The molecule has 6 nitrogen and oxygen atoms in total. The highest BCUT2D eigenvalue weighted by Gasteiger charge is 2.11. The number of ether oxygens (including phenoxy) is 1. The molecular formula is C21H22N4O2. The summed E-state index contributed by atoms with van der Waals surface area (Å²) in [7, 11) is 0. The van der Waals surface area contributed by atoms with Crippen molar-refractivity contribution >= 4 is 23.1 Å². The highest BCUT2D eigenvalue weighted by molar-refractivity contribution is 6.03. The summed E-state index contributed by atoms with van der Waals surface area (Å²) in [6.07, 6.45) is 0. The Bertz CT molecular complexity index is 922. The van der Waals surface area contributed by atoms with Gasteiger partial charge in [-0.2, -0.15) is 0 Å². The molecule has 0 saturated heterocycles. The molecule has 1 amide bonds. The Morgan fingerprint density at radius 3 is 2.30 bits per heavy atom. The Kier molecular flexibility index (Phi) is 5.66. The maximum absolute atomic E-state index is 12.6. The van der Waals surface area contributed by atoms with Crippen molar-refractivity contribution in [3.63, 3.8) is 0 Å². The van der Waals surface area contributed by atoms with Crippen LogP contribution < -0.4 is 15.4 Å². The number of nitrogens with one attached hydrogen (secondary N) is 2. The van der Waals surface area contributed by atoms with Crippen molar-refractivity contribution in [1.29, 1.82) is 0 Å². The standard InChI is InChI=1S/C21H22N4O2/c1-4-27-18-11-9-17(10-12-18)25-21(26)19-13-20(23-15(3)22-19)24-16-7-5-14(2)6-8-16/h5-13H,4H2,1-3H3,(H,25,26)(H,22,23,24). The number of carbonyl (C=O) groups excluding carboxylic acids is 1. The number of amides is 1. The van der Waals surface area contributed by atoms with Crippen LogP contribution in [-0.2, 0) is 0 Å².